The number of benzene rings is 2. The van der Waals surface area contributed by atoms with Crippen LogP contribution in [0.15, 0.2) is 53.4 Å². The Bertz CT molecular complexity index is 1180. The Morgan fingerprint density at radius 3 is 2.13 bits per heavy atom. The smallest absolute Gasteiger partial charge is 0.257 e. The lowest BCUT2D eigenvalue weighted by molar-refractivity contribution is -0.126. The molecule has 0 fully saturated rings. The molecule has 0 radical (unpaired) electrons. The molecule has 2 N–H and O–H groups in total. The van der Waals surface area contributed by atoms with E-state index in [-0.39, 0.29) is 15.1 Å². The van der Waals surface area contributed by atoms with Gasteiger partial charge in [-0.25, -0.2) is 22.0 Å². The van der Waals surface area contributed by atoms with Crippen molar-refractivity contribution >= 4 is 26.0 Å². The molecule has 0 saturated carbocycles. The second kappa shape index (κ2) is 8.95. The van der Waals surface area contributed by atoms with Gasteiger partial charge in [0.2, 0.25) is 26.2 Å². The Hall–Kier alpha value is -2.74. The Morgan fingerprint density at radius 1 is 1.07 bits per heavy atom. The number of nitrogens with two attached hydrogens (primary N) is 1. The molecular weight excluding hydrogens is 426 g/mol. The van der Waals surface area contributed by atoms with Crippen LogP contribution < -0.4 is 5.14 Å². The monoisotopic (exact) mass is 449 g/mol. The van der Waals surface area contributed by atoms with Gasteiger partial charge in [0.05, 0.1) is 17.1 Å². The van der Waals surface area contributed by atoms with E-state index in [4.69, 9.17) is 5.14 Å². The SMILES string of the molecule is CC(C)CC(C(=O)N(C#N)S(C)(=O)=O)c1cccc(-c2ccc(S(N)(=O)=O)cc2)c1. The fourth-order valence-corrected chi connectivity index (χ4v) is 4.17. The number of amides is 1. The molecule has 2 aromatic carbocycles. The van der Waals surface area contributed by atoms with Crippen LogP contribution in [0.1, 0.15) is 31.7 Å². The van der Waals surface area contributed by atoms with Crippen LogP contribution in [0.2, 0.25) is 0 Å². The quantitative estimate of drug-likeness (QED) is 0.509. The summed E-state index contributed by atoms with van der Waals surface area (Å²) >= 11 is 0. The number of hydrogen-bond acceptors (Lipinski definition) is 6. The van der Waals surface area contributed by atoms with E-state index in [1.54, 1.807) is 36.4 Å². The van der Waals surface area contributed by atoms with Gasteiger partial charge in [0, 0.05) is 0 Å². The Labute approximate surface area is 177 Å². The van der Waals surface area contributed by atoms with E-state index < -0.39 is 31.9 Å². The van der Waals surface area contributed by atoms with Crippen molar-refractivity contribution in [2.75, 3.05) is 6.26 Å². The first kappa shape index (κ1) is 23.5. The van der Waals surface area contributed by atoms with E-state index in [2.05, 4.69) is 0 Å². The highest BCUT2D eigenvalue weighted by Gasteiger charge is 2.32. The third-order valence-corrected chi connectivity index (χ3v) is 6.29. The highest BCUT2D eigenvalue weighted by Crippen LogP contribution is 2.30. The summed E-state index contributed by atoms with van der Waals surface area (Å²) in [7, 11) is -7.84. The van der Waals surface area contributed by atoms with Gasteiger partial charge in [-0.15, -0.1) is 4.31 Å². The molecular formula is C20H23N3O5S2. The topological polar surface area (TPSA) is 138 Å². The van der Waals surface area contributed by atoms with E-state index in [9.17, 15) is 26.9 Å². The molecule has 0 spiro atoms. The first-order valence-electron chi connectivity index (χ1n) is 9.01. The van der Waals surface area contributed by atoms with Crippen LogP contribution in [0.4, 0.5) is 0 Å². The van der Waals surface area contributed by atoms with E-state index in [1.807, 2.05) is 13.8 Å². The van der Waals surface area contributed by atoms with Crippen LogP contribution >= 0.6 is 0 Å². The molecule has 2 rings (SSSR count). The minimum atomic E-state index is -4.03. The Kier molecular flexibility index (Phi) is 7.02. The van der Waals surface area contributed by atoms with Crippen molar-refractivity contribution < 1.29 is 21.6 Å². The van der Waals surface area contributed by atoms with Gasteiger partial charge in [-0.3, -0.25) is 4.79 Å². The van der Waals surface area contributed by atoms with Gasteiger partial charge in [0.1, 0.15) is 0 Å². The van der Waals surface area contributed by atoms with E-state index in [1.165, 1.54) is 18.3 Å². The zero-order valence-corrected chi connectivity index (χ0v) is 18.4. The molecule has 0 bridgehead atoms. The zero-order valence-electron chi connectivity index (χ0n) is 16.8. The van der Waals surface area contributed by atoms with Gasteiger partial charge in [-0.05, 0) is 41.2 Å². The molecule has 0 aliphatic carbocycles. The molecule has 1 amide bonds. The van der Waals surface area contributed by atoms with E-state index >= 15 is 0 Å². The maximum Gasteiger partial charge on any atom is 0.257 e. The van der Waals surface area contributed by atoms with Crippen molar-refractivity contribution in [3.8, 4) is 17.3 Å². The van der Waals surface area contributed by atoms with Crippen molar-refractivity contribution in [2.45, 2.75) is 31.1 Å². The molecule has 2 aromatic rings. The highest BCUT2D eigenvalue weighted by atomic mass is 32.2. The van der Waals surface area contributed by atoms with E-state index in [0.29, 0.717) is 23.1 Å². The number of primary sulfonamides is 1. The summed E-state index contributed by atoms with van der Waals surface area (Å²) in [5.41, 5.74) is 1.96. The lowest BCUT2D eigenvalue weighted by Gasteiger charge is -2.22. The zero-order chi connectivity index (χ0) is 22.7. The third kappa shape index (κ3) is 5.66. The third-order valence-electron chi connectivity index (χ3n) is 4.43. The van der Waals surface area contributed by atoms with Crippen molar-refractivity contribution in [3.05, 3.63) is 54.1 Å². The molecule has 0 aromatic heterocycles. The standard InChI is InChI=1S/C20H23N3O5S2/c1-14(2)11-19(20(24)23(13-21)29(3,25)26)17-6-4-5-16(12-17)15-7-9-18(10-8-15)30(22,27)28/h4-10,12,14,19H,11H2,1-3H3,(H2,22,27,28). The van der Waals surface area contributed by atoms with Gasteiger partial charge in [-0.2, -0.15) is 5.26 Å². The summed E-state index contributed by atoms with van der Waals surface area (Å²) in [5.74, 6) is -1.57. The molecule has 160 valence electrons. The first-order valence-corrected chi connectivity index (χ1v) is 12.4. The molecule has 1 unspecified atom stereocenters. The normalized spacial score (nSPS) is 12.9. The second-order valence-corrected chi connectivity index (χ2v) is 10.7. The van der Waals surface area contributed by atoms with Crippen LogP contribution in [-0.2, 0) is 24.8 Å². The molecule has 1 atom stereocenters. The maximum atomic E-state index is 12.9. The van der Waals surface area contributed by atoms with E-state index in [0.717, 1.165) is 6.26 Å². The predicted molar refractivity (Wildman–Crippen MR) is 113 cm³/mol. The van der Waals surface area contributed by atoms with Gasteiger partial charge in [0.25, 0.3) is 5.91 Å². The van der Waals surface area contributed by atoms with Crippen molar-refractivity contribution in [1.82, 2.24) is 4.31 Å². The average molecular weight is 450 g/mol. The van der Waals surface area contributed by atoms with Crippen LogP contribution in [0.5, 0.6) is 0 Å². The number of carbonyl (C=O) groups excluding carboxylic acids is 1. The fraction of sp³-hybridized carbons (Fsp3) is 0.300. The van der Waals surface area contributed by atoms with Crippen molar-refractivity contribution in [3.63, 3.8) is 0 Å². The minimum absolute atomic E-state index is 0.0203. The molecule has 30 heavy (non-hydrogen) atoms. The Balaban J connectivity index is 2.49. The largest absolute Gasteiger partial charge is 0.272 e. The van der Waals surface area contributed by atoms with Gasteiger partial charge < -0.3 is 0 Å². The number of nitriles is 1. The number of nitrogens with zero attached hydrogens (tertiary/aromatic N) is 2. The van der Waals surface area contributed by atoms with Gasteiger partial charge in [0.15, 0.2) is 0 Å². The molecule has 0 saturated heterocycles. The maximum absolute atomic E-state index is 12.9. The minimum Gasteiger partial charge on any atom is -0.272 e. The van der Waals surface area contributed by atoms with Crippen LogP contribution in [-0.4, -0.2) is 33.3 Å². The van der Waals surface area contributed by atoms with Gasteiger partial charge in [-0.1, -0.05) is 50.2 Å². The summed E-state index contributed by atoms with van der Waals surface area (Å²) in [5, 5.41) is 14.3. The number of sulfonamides is 2. The summed E-state index contributed by atoms with van der Waals surface area (Å²) in [4.78, 5) is 12.9. The summed E-state index contributed by atoms with van der Waals surface area (Å²) in [6, 6.07) is 12.9. The summed E-state index contributed by atoms with van der Waals surface area (Å²) < 4.78 is 46.8. The summed E-state index contributed by atoms with van der Waals surface area (Å²) in [6.45, 7) is 3.79. The predicted octanol–water partition coefficient (Wildman–Crippen LogP) is 2.40. The second-order valence-electron chi connectivity index (χ2n) is 7.34. The highest BCUT2D eigenvalue weighted by molar-refractivity contribution is 7.89. The van der Waals surface area contributed by atoms with Crippen LogP contribution in [0, 0.1) is 17.4 Å². The molecule has 0 aliphatic heterocycles. The lowest BCUT2D eigenvalue weighted by atomic mass is 9.88. The molecule has 8 nitrogen and oxygen atoms in total. The fourth-order valence-electron chi connectivity index (χ4n) is 3.05. The summed E-state index contributed by atoms with van der Waals surface area (Å²) in [6.07, 6.45) is 2.62. The number of rotatable bonds is 7. The van der Waals surface area contributed by atoms with Crippen molar-refractivity contribution in [2.24, 2.45) is 11.1 Å². The van der Waals surface area contributed by atoms with Crippen LogP contribution in [0.3, 0.4) is 0 Å². The Morgan fingerprint density at radius 2 is 1.67 bits per heavy atom. The average Bonchev–Trinajstić information content (AvgIpc) is 2.65. The molecule has 0 heterocycles. The number of carbonyl (C=O) groups is 1. The molecule has 0 aliphatic rings. The van der Waals surface area contributed by atoms with Crippen LogP contribution in [0.25, 0.3) is 11.1 Å². The lowest BCUT2D eigenvalue weighted by Crippen LogP contribution is -2.36. The first-order chi connectivity index (χ1) is 13.8. The molecule has 10 heteroatoms. The van der Waals surface area contributed by atoms with Gasteiger partial charge >= 0.3 is 0 Å². The van der Waals surface area contributed by atoms with Crippen molar-refractivity contribution in [1.29, 1.82) is 5.26 Å². The number of hydrogen-bond donors (Lipinski definition) is 1.